The predicted octanol–water partition coefficient (Wildman–Crippen LogP) is 5.95. The monoisotopic (exact) mass is 425 g/mol. The molecular formula is C25H31NO3S. The average Bonchev–Trinajstić information content (AvgIpc) is 3.38. The highest BCUT2D eigenvalue weighted by molar-refractivity contribution is 7.13. The van der Waals surface area contributed by atoms with Gasteiger partial charge in [0.2, 0.25) is 5.91 Å². The lowest BCUT2D eigenvalue weighted by molar-refractivity contribution is -0.117. The second-order valence-corrected chi connectivity index (χ2v) is 8.91. The van der Waals surface area contributed by atoms with Crippen molar-refractivity contribution in [3.63, 3.8) is 0 Å². The third-order valence-corrected chi connectivity index (χ3v) is 6.60. The molecule has 5 heteroatoms. The number of carbonyl (C=O) groups is 2. The highest BCUT2D eigenvalue weighted by Crippen LogP contribution is 2.28. The number of benzene rings is 1. The fraction of sp³-hybridized carbons (Fsp3) is 0.440. The van der Waals surface area contributed by atoms with E-state index in [0.29, 0.717) is 11.3 Å². The maximum atomic E-state index is 12.5. The highest BCUT2D eigenvalue weighted by Gasteiger charge is 2.30. The Morgan fingerprint density at radius 1 is 1.17 bits per heavy atom. The van der Waals surface area contributed by atoms with Crippen molar-refractivity contribution in [3.05, 3.63) is 63.9 Å². The molecule has 4 nitrogen and oxygen atoms in total. The zero-order valence-corrected chi connectivity index (χ0v) is 18.7. The molecule has 0 saturated carbocycles. The Kier molecular flexibility index (Phi) is 8.26. The van der Waals surface area contributed by atoms with Gasteiger partial charge in [-0.25, -0.2) is 4.79 Å². The number of carbonyl (C=O) groups excluding carboxylic acids is 2. The minimum Gasteiger partial charge on any atom is -0.465 e. The lowest BCUT2D eigenvalue weighted by atomic mass is 10.1. The summed E-state index contributed by atoms with van der Waals surface area (Å²) < 4.78 is 4.76. The van der Waals surface area contributed by atoms with E-state index in [-0.39, 0.29) is 17.9 Å². The Labute approximate surface area is 183 Å². The van der Waals surface area contributed by atoms with Gasteiger partial charge in [0.05, 0.1) is 13.2 Å². The number of hydrogen-bond acceptors (Lipinski definition) is 4. The molecule has 1 aliphatic heterocycles. The van der Waals surface area contributed by atoms with E-state index in [1.165, 1.54) is 49.7 Å². The number of allylic oxidation sites excluding steroid dienone is 1. The quantitative estimate of drug-likeness (QED) is 0.268. The predicted molar refractivity (Wildman–Crippen MR) is 123 cm³/mol. The minimum absolute atomic E-state index is 0.0907. The number of rotatable bonds is 10. The molecule has 1 aliphatic rings. The van der Waals surface area contributed by atoms with Crippen LogP contribution in [0.5, 0.6) is 0 Å². The molecule has 0 spiro atoms. The summed E-state index contributed by atoms with van der Waals surface area (Å²) in [6.45, 7) is 2.23. The van der Waals surface area contributed by atoms with Crippen LogP contribution in [0.4, 0.5) is 5.69 Å². The van der Waals surface area contributed by atoms with Crippen LogP contribution < -0.4 is 4.90 Å². The summed E-state index contributed by atoms with van der Waals surface area (Å²) in [4.78, 5) is 27.7. The third-order valence-electron chi connectivity index (χ3n) is 5.51. The number of hydrogen-bond donors (Lipinski definition) is 0. The molecule has 2 aromatic rings. The van der Waals surface area contributed by atoms with Crippen LogP contribution >= 0.6 is 11.3 Å². The second-order valence-electron chi connectivity index (χ2n) is 7.74. The number of ether oxygens (including phenoxy) is 1. The fourth-order valence-corrected chi connectivity index (χ4v) is 4.74. The average molecular weight is 426 g/mol. The summed E-state index contributed by atoms with van der Waals surface area (Å²) >= 11 is 1.45. The third kappa shape index (κ3) is 5.82. The Bertz CT molecular complexity index is 869. The number of amides is 1. The number of esters is 1. The molecule has 0 radical (unpaired) electrons. The SMILES string of the molecule is CCCCCCc1ccc(N2C(=O)CC[C@@H]2/C=C\Cc2ccc(C(=O)OC)s2)cc1. The molecule has 1 amide bonds. The van der Waals surface area contributed by atoms with Gasteiger partial charge in [0.25, 0.3) is 0 Å². The van der Waals surface area contributed by atoms with Gasteiger partial charge >= 0.3 is 5.97 Å². The van der Waals surface area contributed by atoms with Crippen molar-refractivity contribution in [2.45, 2.75) is 64.3 Å². The van der Waals surface area contributed by atoms with Crippen LogP contribution in [0.15, 0.2) is 48.6 Å². The van der Waals surface area contributed by atoms with Crippen molar-refractivity contribution >= 4 is 28.9 Å². The fourth-order valence-electron chi connectivity index (χ4n) is 3.84. The molecule has 0 aliphatic carbocycles. The zero-order chi connectivity index (χ0) is 21.3. The highest BCUT2D eigenvalue weighted by atomic mass is 32.1. The second kappa shape index (κ2) is 11.1. The van der Waals surface area contributed by atoms with Gasteiger partial charge < -0.3 is 9.64 Å². The number of nitrogens with zero attached hydrogens (tertiary/aromatic N) is 1. The molecule has 0 bridgehead atoms. The van der Waals surface area contributed by atoms with Crippen molar-refractivity contribution in [1.82, 2.24) is 0 Å². The molecule has 1 atom stereocenters. The smallest absolute Gasteiger partial charge is 0.348 e. The molecule has 3 rings (SSSR count). The zero-order valence-electron chi connectivity index (χ0n) is 17.9. The van der Waals surface area contributed by atoms with Gasteiger partial charge in [0, 0.05) is 17.0 Å². The molecule has 160 valence electrons. The Balaban J connectivity index is 1.59. The van der Waals surface area contributed by atoms with Gasteiger partial charge in [0.15, 0.2) is 0 Å². The minimum atomic E-state index is -0.295. The lowest BCUT2D eigenvalue weighted by Gasteiger charge is -2.23. The molecule has 1 aromatic carbocycles. The molecule has 0 unspecified atom stereocenters. The van der Waals surface area contributed by atoms with Gasteiger partial charge in [-0.15, -0.1) is 11.3 Å². The summed E-state index contributed by atoms with van der Waals surface area (Å²) in [5, 5.41) is 0. The first-order valence-electron chi connectivity index (χ1n) is 10.9. The van der Waals surface area contributed by atoms with Crippen LogP contribution in [-0.2, 0) is 22.4 Å². The Morgan fingerprint density at radius 3 is 2.70 bits per heavy atom. The van der Waals surface area contributed by atoms with Crippen LogP contribution in [0, 0.1) is 0 Å². The van der Waals surface area contributed by atoms with Crippen LogP contribution in [0.1, 0.15) is 65.6 Å². The van der Waals surface area contributed by atoms with Gasteiger partial charge in [0.1, 0.15) is 4.88 Å². The number of methoxy groups -OCH3 is 1. The Morgan fingerprint density at radius 2 is 1.97 bits per heavy atom. The summed E-state index contributed by atoms with van der Waals surface area (Å²) in [5.41, 5.74) is 2.32. The molecule has 2 heterocycles. The lowest BCUT2D eigenvalue weighted by Crippen LogP contribution is -2.31. The molecule has 1 aromatic heterocycles. The summed E-state index contributed by atoms with van der Waals surface area (Å²) in [5.74, 6) is -0.110. The van der Waals surface area contributed by atoms with E-state index in [1.54, 1.807) is 6.07 Å². The van der Waals surface area contributed by atoms with Gasteiger partial charge in [-0.3, -0.25) is 4.79 Å². The van der Waals surface area contributed by atoms with Crippen molar-refractivity contribution in [2.75, 3.05) is 12.0 Å². The van der Waals surface area contributed by atoms with Crippen molar-refractivity contribution in [1.29, 1.82) is 0 Å². The van der Waals surface area contributed by atoms with Gasteiger partial charge in [-0.05, 0) is 55.5 Å². The van der Waals surface area contributed by atoms with Crippen molar-refractivity contribution in [3.8, 4) is 0 Å². The first-order chi connectivity index (χ1) is 14.6. The number of anilines is 1. The van der Waals surface area contributed by atoms with Gasteiger partial charge in [-0.2, -0.15) is 0 Å². The molecule has 1 saturated heterocycles. The van der Waals surface area contributed by atoms with E-state index in [9.17, 15) is 9.59 Å². The molecule has 1 fully saturated rings. The largest absolute Gasteiger partial charge is 0.465 e. The normalized spacial score (nSPS) is 16.5. The summed E-state index contributed by atoms with van der Waals surface area (Å²) in [6.07, 6.45) is 12.6. The molecular weight excluding hydrogens is 394 g/mol. The van der Waals surface area contributed by atoms with E-state index < -0.39 is 0 Å². The van der Waals surface area contributed by atoms with E-state index in [1.807, 2.05) is 11.0 Å². The van der Waals surface area contributed by atoms with E-state index >= 15 is 0 Å². The van der Waals surface area contributed by atoms with Crippen LogP contribution in [0.2, 0.25) is 0 Å². The topological polar surface area (TPSA) is 46.6 Å². The standard InChI is InChI=1S/C25H31NO3S/c1-3-4-5-6-8-19-11-13-21(14-12-19)26-20(15-18-24(26)27)9-7-10-22-16-17-23(30-22)25(28)29-2/h7,9,11-14,16-17,20H,3-6,8,10,15,18H2,1-2H3/b9-7-/t20-/m0/s1. The van der Waals surface area contributed by atoms with E-state index in [2.05, 4.69) is 43.3 Å². The molecule has 30 heavy (non-hydrogen) atoms. The van der Waals surface area contributed by atoms with Crippen LogP contribution in [0.3, 0.4) is 0 Å². The number of unbranched alkanes of at least 4 members (excludes halogenated alkanes) is 3. The summed E-state index contributed by atoms with van der Waals surface area (Å²) in [6, 6.07) is 12.3. The number of aryl methyl sites for hydroxylation is 1. The van der Waals surface area contributed by atoms with Crippen molar-refractivity contribution in [2.24, 2.45) is 0 Å². The van der Waals surface area contributed by atoms with Gasteiger partial charge in [-0.1, -0.05) is 50.5 Å². The van der Waals surface area contributed by atoms with E-state index in [4.69, 9.17) is 4.74 Å². The Hall–Kier alpha value is -2.40. The van der Waals surface area contributed by atoms with E-state index in [0.717, 1.165) is 29.8 Å². The number of thiophene rings is 1. The maximum absolute atomic E-state index is 12.5. The van der Waals surface area contributed by atoms with Crippen molar-refractivity contribution < 1.29 is 14.3 Å². The van der Waals surface area contributed by atoms with Crippen LogP contribution in [-0.4, -0.2) is 25.0 Å². The maximum Gasteiger partial charge on any atom is 0.348 e. The van der Waals surface area contributed by atoms with Crippen LogP contribution in [0.25, 0.3) is 0 Å². The first kappa shape index (κ1) is 22.3. The summed E-state index contributed by atoms with van der Waals surface area (Å²) in [7, 11) is 1.40. The first-order valence-corrected chi connectivity index (χ1v) is 11.7. The molecule has 0 N–H and O–H groups in total.